The van der Waals surface area contributed by atoms with Crippen LogP contribution in [-0.4, -0.2) is 18.0 Å². The molecule has 102 valence electrons. The Labute approximate surface area is 112 Å². The first kappa shape index (κ1) is 16.6. The van der Waals surface area contributed by atoms with Gasteiger partial charge < -0.3 is 4.74 Å². The second kappa shape index (κ2) is 7.16. The molecule has 0 spiro atoms. The lowest BCUT2D eigenvalue weighted by Gasteiger charge is -2.19. The van der Waals surface area contributed by atoms with Crippen molar-refractivity contribution in [2.45, 2.75) is 47.1 Å². The van der Waals surface area contributed by atoms with Crippen LogP contribution in [0.3, 0.4) is 0 Å². The van der Waals surface area contributed by atoms with Crippen molar-refractivity contribution < 1.29 is 14.3 Å². The van der Waals surface area contributed by atoms with Gasteiger partial charge in [-0.3, -0.25) is 10.1 Å². The highest BCUT2D eigenvalue weighted by Crippen LogP contribution is 2.25. The third-order valence-corrected chi connectivity index (χ3v) is 2.77. The second-order valence-electron chi connectivity index (χ2n) is 4.40. The average Bonchev–Trinajstić information content (AvgIpc) is 2.58. The highest BCUT2D eigenvalue weighted by molar-refractivity contribution is 7.17. The van der Waals surface area contributed by atoms with Crippen molar-refractivity contribution >= 4 is 28.7 Å². The zero-order chi connectivity index (χ0) is 14.3. The Morgan fingerprint density at radius 3 is 2.33 bits per heavy atom. The summed E-state index contributed by atoms with van der Waals surface area (Å²) in [6, 6.07) is 1.75. The molecule has 0 fully saturated rings. The van der Waals surface area contributed by atoms with E-state index in [1.54, 1.807) is 26.8 Å². The van der Waals surface area contributed by atoms with E-state index in [1.807, 2.05) is 20.8 Å². The minimum atomic E-state index is -0.524. The summed E-state index contributed by atoms with van der Waals surface area (Å²) in [7, 11) is 0. The monoisotopic (exact) mass is 271 g/mol. The van der Waals surface area contributed by atoms with Gasteiger partial charge in [0.05, 0.1) is 9.88 Å². The van der Waals surface area contributed by atoms with Gasteiger partial charge in [0.15, 0.2) is 6.29 Å². The molecule has 0 saturated heterocycles. The Hall–Kier alpha value is -1.36. The number of aryl methyl sites for hydroxylation is 1. The van der Waals surface area contributed by atoms with Gasteiger partial charge in [-0.25, -0.2) is 4.79 Å². The van der Waals surface area contributed by atoms with Gasteiger partial charge in [-0.2, -0.15) is 0 Å². The fourth-order valence-corrected chi connectivity index (χ4v) is 1.95. The fourth-order valence-electron chi connectivity index (χ4n) is 1.08. The highest BCUT2D eigenvalue weighted by Gasteiger charge is 2.17. The number of carbonyl (C=O) groups is 2. The summed E-state index contributed by atoms with van der Waals surface area (Å²) in [4.78, 5) is 22.7. The Morgan fingerprint density at radius 2 is 1.94 bits per heavy atom. The van der Waals surface area contributed by atoms with Gasteiger partial charge in [0.25, 0.3) is 0 Å². The molecule has 0 unspecified atom stereocenters. The smallest absolute Gasteiger partial charge is 0.412 e. The molecule has 0 bridgehead atoms. The van der Waals surface area contributed by atoms with Crippen LogP contribution in [0, 0.1) is 6.92 Å². The number of hydrogen-bond donors (Lipinski definition) is 1. The molecule has 0 radical (unpaired) electrons. The summed E-state index contributed by atoms with van der Waals surface area (Å²) < 4.78 is 5.09. The molecule has 0 saturated carbocycles. The van der Waals surface area contributed by atoms with Gasteiger partial charge in [0, 0.05) is 0 Å². The van der Waals surface area contributed by atoms with Crippen molar-refractivity contribution in [3.63, 3.8) is 0 Å². The maximum Gasteiger partial charge on any atom is 0.412 e. The number of amides is 1. The van der Waals surface area contributed by atoms with Crippen LogP contribution in [0.4, 0.5) is 9.80 Å². The third-order valence-electron chi connectivity index (χ3n) is 1.69. The van der Waals surface area contributed by atoms with E-state index in [0.29, 0.717) is 9.88 Å². The van der Waals surface area contributed by atoms with E-state index in [4.69, 9.17) is 4.74 Å². The molecule has 0 aromatic carbocycles. The molecule has 0 aliphatic carbocycles. The number of thiophene rings is 1. The van der Waals surface area contributed by atoms with E-state index in [9.17, 15) is 9.59 Å². The Bertz CT molecular complexity index is 405. The molecule has 4 nitrogen and oxygen atoms in total. The number of nitrogens with one attached hydrogen (secondary N) is 1. The maximum absolute atomic E-state index is 11.4. The van der Waals surface area contributed by atoms with Crippen molar-refractivity contribution in [1.82, 2.24) is 0 Å². The first-order chi connectivity index (χ1) is 8.31. The maximum atomic E-state index is 11.4. The van der Waals surface area contributed by atoms with Crippen molar-refractivity contribution in [2.24, 2.45) is 0 Å². The van der Waals surface area contributed by atoms with Crippen LogP contribution < -0.4 is 5.32 Å². The molecule has 0 aliphatic rings. The van der Waals surface area contributed by atoms with Gasteiger partial charge in [0.1, 0.15) is 5.60 Å². The van der Waals surface area contributed by atoms with Gasteiger partial charge in [0.2, 0.25) is 0 Å². The minimum absolute atomic E-state index is 0.508. The molecule has 1 aromatic heterocycles. The Morgan fingerprint density at radius 1 is 1.39 bits per heavy atom. The fraction of sp³-hybridized carbons (Fsp3) is 0.538. The van der Waals surface area contributed by atoms with Crippen LogP contribution in [0.2, 0.25) is 0 Å². The average molecular weight is 271 g/mol. The number of carbonyl (C=O) groups excluding carboxylic acids is 2. The van der Waals surface area contributed by atoms with Crippen LogP contribution in [0.15, 0.2) is 6.07 Å². The second-order valence-corrected chi connectivity index (χ2v) is 5.49. The van der Waals surface area contributed by atoms with E-state index in [1.165, 1.54) is 11.3 Å². The lowest BCUT2D eigenvalue weighted by atomic mass is 10.2. The minimum Gasteiger partial charge on any atom is -0.444 e. The number of aldehydes is 1. The largest absolute Gasteiger partial charge is 0.444 e. The lowest BCUT2D eigenvalue weighted by molar-refractivity contribution is 0.0636. The predicted octanol–water partition coefficient (Wildman–Crippen LogP) is 4.24. The SMILES string of the molecule is CC.Cc1cc(NC(=O)OC(C)(C)C)sc1C=O. The number of hydrogen-bond acceptors (Lipinski definition) is 4. The molecule has 1 heterocycles. The number of rotatable bonds is 2. The van der Waals surface area contributed by atoms with Crippen LogP contribution in [0.25, 0.3) is 0 Å². The molecule has 1 aromatic rings. The first-order valence-electron chi connectivity index (χ1n) is 5.87. The molecule has 0 aliphatic heterocycles. The number of anilines is 1. The lowest BCUT2D eigenvalue weighted by Crippen LogP contribution is -2.26. The van der Waals surface area contributed by atoms with Crippen molar-refractivity contribution in [3.8, 4) is 0 Å². The van der Waals surface area contributed by atoms with E-state index in [0.717, 1.165) is 11.8 Å². The van der Waals surface area contributed by atoms with Gasteiger partial charge >= 0.3 is 6.09 Å². The van der Waals surface area contributed by atoms with E-state index < -0.39 is 11.7 Å². The zero-order valence-electron chi connectivity index (χ0n) is 11.8. The third kappa shape index (κ3) is 5.82. The van der Waals surface area contributed by atoms with Crippen molar-refractivity contribution in [2.75, 3.05) is 5.32 Å². The highest BCUT2D eigenvalue weighted by atomic mass is 32.1. The van der Waals surface area contributed by atoms with E-state index in [2.05, 4.69) is 5.32 Å². The Kier molecular flexibility index (Phi) is 6.62. The van der Waals surface area contributed by atoms with Gasteiger partial charge in [-0.1, -0.05) is 13.8 Å². The summed E-state index contributed by atoms with van der Waals surface area (Å²) in [5.74, 6) is 0. The van der Waals surface area contributed by atoms with Gasteiger partial charge in [-0.05, 0) is 39.3 Å². The van der Waals surface area contributed by atoms with E-state index >= 15 is 0 Å². The zero-order valence-corrected chi connectivity index (χ0v) is 12.6. The standard InChI is InChI=1S/C11H15NO3S.C2H6/c1-7-5-9(16-8(7)6-13)12-10(14)15-11(2,3)4;1-2/h5-6H,1-4H3,(H,12,14);1-2H3. The van der Waals surface area contributed by atoms with Crippen molar-refractivity contribution in [1.29, 1.82) is 0 Å². The van der Waals surface area contributed by atoms with Crippen LogP contribution in [0.1, 0.15) is 49.9 Å². The van der Waals surface area contributed by atoms with Crippen LogP contribution >= 0.6 is 11.3 Å². The normalized spacial score (nSPS) is 10.1. The first-order valence-corrected chi connectivity index (χ1v) is 6.69. The number of ether oxygens (including phenoxy) is 1. The summed E-state index contributed by atoms with van der Waals surface area (Å²) in [5.41, 5.74) is 0.329. The van der Waals surface area contributed by atoms with Crippen LogP contribution in [-0.2, 0) is 4.74 Å². The topological polar surface area (TPSA) is 55.4 Å². The summed E-state index contributed by atoms with van der Waals surface area (Å²) in [6.45, 7) is 11.2. The summed E-state index contributed by atoms with van der Waals surface area (Å²) in [6.07, 6.45) is 0.270. The van der Waals surface area contributed by atoms with Crippen molar-refractivity contribution in [3.05, 3.63) is 16.5 Å². The molecular weight excluding hydrogens is 250 g/mol. The summed E-state index contributed by atoms with van der Waals surface area (Å²) in [5, 5.41) is 3.21. The molecule has 0 atom stereocenters. The Balaban J connectivity index is 0.00000137. The van der Waals surface area contributed by atoms with Gasteiger partial charge in [-0.15, -0.1) is 11.3 Å². The molecule has 1 amide bonds. The quantitative estimate of drug-likeness (QED) is 0.818. The molecule has 1 rings (SSSR count). The molecule has 5 heteroatoms. The molecule has 18 heavy (non-hydrogen) atoms. The van der Waals surface area contributed by atoms with Crippen LogP contribution in [0.5, 0.6) is 0 Å². The van der Waals surface area contributed by atoms with E-state index in [-0.39, 0.29) is 0 Å². The predicted molar refractivity (Wildman–Crippen MR) is 75.6 cm³/mol. The molecular formula is C13H21NO3S. The summed E-state index contributed by atoms with van der Waals surface area (Å²) >= 11 is 1.23. The molecule has 1 N–H and O–H groups in total.